The summed E-state index contributed by atoms with van der Waals surface area (Å²) >= 11 is 0. The first-order chi connectivity index (χ1) is 15.6. The summed E-state index contributed by atoms with van der Waals surface area (Å²) < 4.78 is 5.57. The van der Waals surface area contributed by atoms with Crippen LogP contribution in [-0.2, 0) is 14.3 Å². The number of carbonyl (C=O) groups excluding carboxylic acids is 2. The average molecular weight is 453 g/mol. The number of carbonyl (C=O) groups is 3. The molecule has 0 unspecified atom stereocenters. The Balaban J connectivity index is 1.69. The molecule has 0 aromatic heterocycles. The van der Waals surface area contributed by atoms with Crippen LogP contribution in [-0.4, -0.2) is 41.8 Å². The molecule has 3 N–H and O–H groups in total. The van der Waals surface area contributed by atoms with Gasteiger partial charge in [-0.2, -0.15) is 0 Å². The Labute approximate surface area is 194 Å². The van der Waals surface area contributed by atoms with Gasteiger partial charge in [0.25, 0.3) is 0 Å². The lowest BCUT2D eigenvalue weighted by molar-refractivity contribution is -0.142. The van der Waals surface area contributed by atoms with E-state index in [0.717, 1.165) is 22.3 Å². The monoisotopic (exact) mass is 452 g/mol. The maximum Gasteiger partial charge on any atom is 0.407 e. The number of carboxylic acid groups (broad SMARTS) is 1. The van der Waals surface area contributed by atoms with E-state index in [1.807, 2.05) is 43.3 Å². The Morgan fingerprint density at radius 1 is 0.970 bits per heavy atom. The Hall–Kier alpha value is -3.35. The zero-order chi connectivity index (χ0) is 24.2. The second-order valence-electron chi connectivity index (χ2n) is 9.46. The highest BCUT2D eigenvalue weighted by Crippen LogP contribution is 2.44. The van der Waals surface area contributed by atoms with Crippen LogP contribution in [0.3, 0.4) is 0 Å². The Morgan fingerprint density at radius 2 is 1.52 bits per heavy atom. The molecule has 2 atom stereocenters. The fourth-order valence-corrected chi connectivity index (χ4v) is 4.23. The molecule has 2 aromatic rings. The highest BCUT2D eigenvalue weighted by Gasteiger charge is 2.36. The molecule has 0 bridgehead atoms. The second kappa shape index (κ2) is 10.1. The molecule has 2 amide bonds. The number of hydrogen-bond donors (Lipinski definition) is 3. The topological polar surface area (TPSA) is 105 Å². The number of rotatable bonds is 8. The molecule has 0 radical (unpaired) electrons. The lowest BCUT2D eigenvalue weighted by Gasteiger charge is -2.31. The number of amides is 2. The van der Waals surface area contributed by atoms with Gasteiger partial charge in [-0.1, -0.05) is 82.6 Å². The molecule has 0 saturated carbocycles. The Morgan fingerprint density at radius 3 is 2.00 bits per heavy atom. The smallest absolute Gasteiger partial charge is 0.407 e. The van der Waals surface area contributed by atoms with Gasteiger partial charge in [0, 0.05) is 5.92 Å². The number of aliphatic carboxylic acids is 1. The van der Waals surface area contributed by atoms with Crippen LogP contribution in [0.25, 0.3) is 11.1 Å². The summed E-state index contributed by atoms with van der Waals surface area (Å²) in [7, 11) is 0. The third-order valence-electron chi connectivity index (χ3n) is 5.93. The quantitative estimate of drug-likeness (QED) is 0.554. The van der Waals surface area contributed by atoms with Gasteiger partial charge in [-0.25, -0.2) is 9.59 Å². The normalized spacial score (nSPS) is 14.5. The van der Waals surface area contributed by atoms with Crippen LogP contribution in [0.1, 0.15) is 57.6 Å². The highest BCUT2D eigenvalue weighted by atomic mass is 16.5. The van der Waals surface area contributed by atoms with E-state index in [2.05, 4.69) is 22.8 Å². The molecule has 7 nitrogen and oxygen atoms in total. The van der Waals surface area contributed by atoms with E-state index in [0.29, 0.717) is 12.8 Å². The molecular weight excluding hydrogens is 420 g/mol. The molecule has 0 spiro atoms. The molecule has 33 heavy (non-hydrogen) atoms. The van der Waals surface area contributed by atoms with Gasteiger partial charge in [0.15, 0.2) is 0 Å². The van der Waals surface area contributed by atoms with Crippen LogP contribution in [0.15, 0.2) is 48.5 Å². The van der Waals surface area contributed by atoms with Crippen molar-refractivity contribution in [2.45, 2.75) is 58.5 Å². The zero-order valence-corrected chi connectivity index (χ0v) is 19.6. The number of ether oxygens (including phenoxy) is 1. The zero-order valence-electron chi connectivity index (χ0n) is 19.6. The van der Waals surface area contributed by atoms with Crippen molar-refractivity contribution in [3.05, 3.63) is 59.7 Å². The predicted octanol–water partition coefficient (Wildman–Crippen LogP) is 4.31. The van der Waals surface area contributed by atoms with Gasteiger partial charge >= 0.3 is 12.1 Å². The number of alkyl carbamates (subject to hydrolysis) is 1. The van der Waals surface area contributed by atoms with Crippen molar-refractivity contribution in [2.24, 2.45) is 5.41 Å². The van der Waals surface area contributed by atoms with E-state index in [4.69, 9.17) is 4.74 Å². The number of carboxylic acids is 1. The second-order valence-corrected chi connectivity index (χ2v) is 9.46. The summed E-state index contributed by atoms with van der Waals surface area (Å²) in [4.78, 5) is 37.0. The lowest BCUT2D eigenvalue weighted by Crippen LogP contribution is -2.56. The number of benzene rings is 2. The van der Waals surface area contributed by atoms with Crippen LogP contribution in [0.5, 0.6) is 0 Å². The van der Waals surface area contributed by atoms with Gasteiger partial charge in [-0.15, -0.1) is 0 Å². The van der Waals surface area contributed by atoms with Crippen molar-refractivity contribution >= 4 is 18.0 Å². The molecule has 1 aliphatic rings. The Kier molecular flexibility index (Phi) is 7.41. The van der Waals surface area contributed by atoms with Crippen LogP contribution in [0.2, 0.25) is 0 Å². The SMILES string of the molecule is CCC[C@H](NC(=O)[C@H](NC(=O)OCC1c2ccccc2-c2ccccc21)C(C)(C)C)C(=O)O. The fourth-order valence-electron chi connectivity index (χ4n) is 4.23. The lowest BCUT2D eigenvalue weighted by atomic mass is 9.86. The minimum absolute atomic E-state index is 0.0917. The van der Waals surface area contributed by atoms with E-state index in [1.54, 1.807) is 20.8 Å². The maximum atomic E-state index is 12.9. The third-order valence-corrected chi connectivity index (χ3v) is 5.93. The van der Waals surface area contributed by atoms with Gasteiger partial charge in [-0.05, 0) is 34.1 Å². The summed E-state index contributed by atoms with van der Waals surface area (Å²) in [6, 6.07) is 14.1. The highest BCUT2D eigenvalue weighted by molar-refractivity contribution is 5.90. The molecule has 2 aromatic carbocycles. The largest absolute Gasteiger partial charge is 0.480 e. The average Bonchev–Trinajstić information content (AvgIpc) is 3.08. The van der Waals surface area contributed by atoms with Crippen LogP contribution in [0, 0.1) is 5.41 Å². The van der Waals surface area contributed by atoms with Gasteiger partial charge in [0.1, 0.15) is 18.7 Å². The van der Waals surface area contributed by atoms with Gasteiger partial charge < -0.3 is 20.5 Å². The third kappa shape index (κ3) is 5.53. The fraction of sp³-hybridized carbons (Fsp3) is 0.423. The minimum atomic E-state index is -1.10. The molecule has 1 aliphatic carbocycles. The van der Waals surface area contributed by atoms with Crippen molar-refractivity contribution in [1.82, 2.24) is 10.6 Å². The standard InChI is InChI=1S/C26H32N2O5/c1-5-10-21(24(30)31)27-23(29)22(26(2,3)4)28-25(32)33-15-20-18-13-8-6-11-16(18)17-12-7-9-14-19(17)20/h6-9,11-14,20-22H,5,10,15H2,1-4H3,(H,27,29)(H,28,32)(H,30,31)/t21-,22-/m0/s1. The van der Waals surface area contributed by atoms with Crippen molar-refractivity contribution < 1.29 is 24.2 Å². The van der Waals surface area contributed by atoms with E-state index in [1.165, 1.54) is 0 Å². The summed E-state index contributed by atoms with van der Waals surface area (Å²) in [5.41, 5.74) is 3.81. The van der Waals surface area contributed by atoms with Crippen molar-refractivity contribution in [2.75, 3.05) is 6.61 Å². The van der Waals surface area contributed by atoms with E-state index in [9.17, 15) is 19.5 Å². The number of fused-ring (bicyclic) bond motifs is 3. The summed E-state index contributed by atoms with van der Waals surface area (Å²) in [5, 5.41) is 14.6. The van der Waals surface area contributed by atoms with Crippen LogP contribution in [0.4, 0.5) is 4.79 Å². The van der Waals surface area contributed by atoms with Crippen molar-refractivity contribution in [3.8, 4) is 11.1 Å². The first kappa shape index (κ1) is 24.3. The number of nitrogens with one attached hydrogen (secondary N) is 2. The minimum Gasteiger partial charge on any atom is -0.480 e. The molecule has 0 fully saturated rings. The predicted molar refractivity (Wildman–Crippen MR) is 126 cm³/mol. The van der Waals surface area contributed by atoms with Gasteiger partial charge in [-0.3, -0.25) is 4.79 Å². The van der Waals surface area contributed by atoms with Gasteiger partial charge in [0.2, 0.25) is 5.91 Å². The van der Waals surface area contributed by atoms with E-state index in [-0.39, 0.29) is 12.5 Å². The number of hydrogen-bond acceptors (Lipinski definition) is 4. The molecule has 176 valence electrons. The first-order valence-corrected chi connectivity index (χ1v) is 11.3. The molecule has 3 rings (SSSR count). The molecule has 0 aliphatic heterocycles. The van der Waals surface area contributed by atoms with Crippen molar-refractivity contribution in [3.63, 3.8) is 0 Å². The Bertz CT molecular complexity index is 982. The molecule has 0 heterocycles. The van der Waals surface area contributed by atoms with Gasteiger partial charge in [0.05, 0.1) is 0 Å². The molecule has 0 saturated heterocycles. The summed E-state index contributed by atoms with van der Waals surface area (Å²) in [6.07, 6.45) is 0.203. The summed E-state index contributed by atoms with van der Waals surface area (Å²) in [6.45, 7) is 7.38. The molecular formula is C26H32N2O5. The van der Waals surface area contributed by atoms with Crippen LogP contribution < -0.4 is 10.6 Å². The maximum absolute atomic E-state index is 12.9. The summed E-state index contributed by atoms with van der Waals surface area (Å²) in [5.74, 6) is -1.73. The first-order valence-electron chi connectivity index (χ1n) is 11.3. The van der Waals surface area contributed by atoms with Crippen LogP contribution >= 0.6 is 0 Å². The van der Waals surface area contributed by atoms with E-state index < -0.39 is 35.5 Å². The molecule has 7 heteroatoms. The van der Waals surface area contributed by atoms with E-state index >= 15 is 0 Å². The van der Waals surface area contributed by atoms with Crippen molar-refractivity contribution in [1.29, 1.82) is 0 Å².